The molecule has 0 spiro atoms. The number of rotatable bonds is 9. The van der Waals surface area contributed by atoms with E-state index < -0.39 is 11.0 Å². The van der Waals surface area contributed by atoms with E-state index in [1.54, 1.807) is 21.0 Å². The average molecular weight is 302 g/mol. The fraction of sp³-hybridized carbons (Fsp3) is 0.875. The van der Waals surface area contributed by atoms with Gasteiger partial charge in [-0.25, -0.2) is 0 Å². The third kappa shape index (κ3) is 8.17. The van der Waals surface area contributed by atoms with Crippen molar-refractivity contribution in [3.8, 4) is 0 Å². The van der Waals surface area contributed by atoms with Crippen LogP contribution < -0.4 is 0 Å². The molecule has 1 unspecified atom stereocenters. The van der Waals surface area contributed by atoms with E-state index in [1.165, 1.54) is 0 Å². The summed E-state index contributed by atoms with van der Waals surface area (Å²) < 4.78 is 15.8. The lowest BCUT2D eigenvalue weighted by atomic mass is 9.97. The average Bonchev–Trinajstić information content (AvgIpc) is 2.38. The van der Waals surface area contributed by atoms with Gasteiger partial charge in [0.15, 0.2) is 5.78 Å². The van der Waals surface area contributed by atoms with Gasteiger partial charge in [-0.3, -0.25) is 9.59 Å². The monoisotopic (exact) mass is 302 g/mol. The van der Waals surface area contributed by atoms with E-state index in [2.05, 4.69) is 0 Å². The van der Waals surface area contributed by atoms with Gasteiger partial charge < -0.3 is 14.2 Å². The van der Waals surface area contributed by atoms with Crippen LogP contribution in [0.15, 0.2) is 0 Å². The van der Waals surface area contributed by atoms with Crippen LogP contribution in [0.3, 0.4) is 0 Å². The van der Waals surface area contributed by atoms with Crippen LogP contribution in [0.1, 0.15) is 48.0 Å². The Morgan fingerprint density at radius 3 is 2.10 bits per heavy atom. The van der Waals surface area contributed by atoms with Gasteiger partial charge in [-0.2, -0.15) is 0 Å². The van der Waals surface area contributed by atoms with E-state index >= 15 is 0 Å². The molecule has 0 heterocycles. The molecule has 0 radical (unpaired) electrons. The molecule has 0 aromatic carbocycles. The van der Waals surface area contributed by atoms with Gasteiger partial charge in [0.25, 0.3) is 0 Å². The van der Waals surface area contributed by atoms with E-state index in [0.717, 1.165) is 0 Å². The molecule has 0 aromatic rings. The molecule has 5 heteroatoms. The molecule has 0 rings (SSSR count). The Bertz CT molecular complexity index is 341. The first kappa shape index (κ1) is 20.1. The fourth-order valence-electron chi connectivity index (χ4n) is 1.41. The first-order chi connectivity index (χ1) is 9.50. The van der Waals surface area contributed by atoms with E-state index in [-0.39, 0.29) is 17.7 Å². The summed E-state index contributed by atoms with van der Waals surface area (Å²) in [5.41, 5.74) is -1.35. The van der Waals surface area contributed by atoms with Crippen LogP contribution in [0.2, 0.25) is 0 Å². The summed E-state index contributed by atoms with van der Waals surface area (Å²) in [6.07, 6.45) is 0.330. The zero-order chi connectivity index (χ0) is 16.7. The van der Waals surface area contributed by atoms with E-state index in [0.29, 0.717) is 26.2 Å². The highest BCUT2D eigenvalue weighted by Crippen LogP contribution is 2.17. The second-order valence-corrected chi connectivity index (χ2v) is 6.94. The Hall–Kier alpha value is -0.940. The topological polar surface area (TPSA) is 61.8 Å². The van der Waals surface area contributed by atoms with Crippen LogP contribution >= 0.6 is 0 Å². The highest BCUT2D eigenvalue weighted by Gasteiger charge is 2.29. The van der Waals surface area contributed by atoms with Crippen molar-refractivity contribution in [2.45, 2.75) is 53.6 Å². The van der Waals surface area contributed by atoms with Gasteiger partial charge >= 0.3 is 5.97 Å². The number of hydrogen-bond donors (Lipinski definition) is 0. The largest absolute Gasteiger partial charge is 0.465 e. The second kappa shape index (κ2) is 8.49. The first-order valence-corrected chi connectivity index (χ1v) is 7.34. The third-order valence-corrected chi connectivity index (χ3v) is 3.04. The van der Waals surface area contributed by atoms with Crippen LogP contribution in [0, 0.1) is 11.3 Å². The Morgan fingerprint density at radius 2 is 1.62 bits per heavy atom. The zero-order valence-corrected chi connectivity index (χ0v) is 14.4. The van der Waals surface area contributed by atoms with Gasteiger partial charge in [0.05, 0.1) is 25.2 Å². The minimum Gasteiger partial charge on any atom is -0.465 e. The maximum Gasteiger partial charge on any atom is 0.311 e. The summed E-state index contributed by atoms with van der Waals surface area (Å²) in [7, 11) is 1.56. The lowest BCUT2D eigenvalue weighted by molar-refractivity contribution is -0.157. The van der Waals surface area contributed by atoms with Gasteiger partial charge in [0.1, 0.15) is 5.60 Å². The minimum atomic E-state index is -0.846. The van der Waals surface area contributed by atoms with Crippen molar-refractivity contribution in [1.29, 1.82) is 0 Å². The molecule has 0 saturated carbocycles. The molecule has 0 bridgehead atoms. The Balaban J connectivity index is 4.14. The highest BCUT2D eigenvalue weighted by molar-refractivity contribution is 5.86. The molecule has 124 valence electrons. The van der Waals surface area contributed by atoms with Crippen LogP contribution in [-0.4, -0.2) is 44.3 Å². The second-order valence-electron chi connectivity index (χ2n) is 6.94. The molecule has 0 N–H and O–H groups in total. The van der Waals surface area contributed by atoms with Gasteiger partial charge in [-0.15, -0.1) is 0 Å². The van der Waals surface area contributed by atoms with E-state index in [1.807, 2.05) is 27.7 Å². The molecule has 0 aliphatic rings. The molecule has 0 amide bonds. The molecule has 0 aliphatic carbocycles. The predicted octanol–water partition coefficient (Wildman–Crippen LogP) is 2.61. The van der Waals surface area contributed by atoms with Crippen LogP contribution in [-0.2, 0) is 23.8 Å². The number of carbonyl (C=O) groups excluding carboxylic acids is 2. The molecule has 1 atom stereocenters. The summed E-state index contributed by atoms with van der Waals surface area (Å²) in [4.78, 5) is 23.6. The smallest absolute Gasteiger partial charge is 0.311 e. The van der Waals surface area contributed by atoms with Crippen molar-refractivity contribution in [2.75, 3.05) is 26.9 Å². The van der Waals surface area contributed by atoms with E-state index in [9.17, 15) is 9.59 Å². The molecule has 0 aromatic heterocycles. The summed E-state index contributed by atoms with van der Waals surface area (Å²) >= 11 is 0. The minimum absolute atomic E-state index is 0.00300. The third-order valence-electron chi connectivity index (χ3n) is 3.04. The van der Waals surface area contributed by atoms with Gasteiger partial charge in [-0.05, 0) is 34.6 Å². The van der Waals surface area contributed by atoms with Gasteiger partial charge in [-0.1, -0.05) is 6.92 Å². The number of methoxy groups -OCH3 is 1. The normalized spacial score (nSPS) is 13.9. The van der Waals surface area contributed by atoms with Crippen molar-refractivity contribution in [3.05, 3.63) is 0 Å². The van der Waals surface area contributed by atoms with Crippen molar-refractivity contribution < 1.29 is 23.8 Å². The van der Waals surface area contributed by atoms with Crippen LogP contribution in [0.4, 0.5) is 0 Å². The summed E-state index contributed by atoms with van der Waals surface area (Å²) in [5.74, 6) is -0.196. The molecular formula is C16H30O5. The van der Waals surface area contributed by atoms with Crippen molar-refractivity contribution in [3.63, 3.8) is 0 Å². The van der Waals surface area contributed by atoms with Crippen molar-refractivity contribution >= 4 is 11.8 Å². The molecule has 21 heavy (non-hydrogen) atoms. The SMILES string of the molecule is COCCC(=O)C(C)(C)OCC(C)COC(=O)C(C)(C)C. The maximum absolute atomic E-state index is 11.9. The van der Waals surface area contributed by atoms with Gasteiger partial charge in [0, 0.05) is 19.4 Å². The highest BCUT2D eigenvalue weighted by atomic mass is 16.5. The summed E-state index contributed by atoms with van der Waals surface area (Å²) in [5, 5.41) is 0. The Morgan fingerprint density at radius 1 is 1.05 bits per heavy atom. The lowest BCUT2D eigenvalue weighted by Gasteiger charge is -2.26. The van der Waals surface area contributed by atoms with E-state index in [4.69, 9.17) is 14.2 Å². The van der Waals surface area contributed by atoms with Gasteiger partial charge in [0.2, 0.25) is 0 Å². The molecule has 0 aliphatic heterocycles. The van der Waals surface area contributed by atoms with Crippen molar-refractivity contribution in [1.82, 2.24) is 0 Å². The number of ether oxygens (including phenoxy) is 3. The summed E-state index contributed by atoms with van der Waals surface area (Å²) in [6.45, 7) is 11.9. The molecular weight excluding hydrogens is 272 g/mol. The Kier molecular flexibility index (Phi) is 8.11. The molecule has 5 nitrogen and oxygen atoms in total. The standard InChI is InChI=1S/C16H30O5/c1-12(10-20-14(18)15(2,3)4)11-21-16(5,6)13(17)8-9-19-7/h12H,8-11H2,1-7H3. The zero-order valence-electron chi connectivity index (χ0n) is 14.4. The number of hydrogen-bond acceptors (Lipinski definition) is 5. The summed E-state index contributed by atoms with van der Waals surface area (Å²) in [6, 6.07) is 0. The Labute approximate surface area is 128 Å². The molecule has 0 saturated heterocycles. The first-order valence-electron chi connectivity index (χ1n) is 7.34. The maximum atomic E-state index is 11.9. The molecule has 0 fully saturated rings. The predicted molar refractivity (Wildman–Crippen MR) is 81.1 cm³/mol. The number of ketones is 1. The number of esters is 1. The number of Topliss-reactive ketones (excluding diaryl/α,β-unsaturated/α-hetero) is 1. The van der Waals surface area contributed by atoms with Crippen LogP contribution in [0.25, 0.3) is 0 Å². The van der Waals surface area contributed by atoms with Crippen LogP contribution in [0.5, 0.6) is 0 Å². The quantitative estimate of drug-likeness (QED) is 0.613. The van der Waals surface area contributed by atoms with Crippen molar-refractivity contribution in [2.24, 2.45) is 11.3 Å². The fourth-order valence-corrected chi connectivity index (χ4v) is 1.41. The lowest BCUT2D eigenvalue weighted by Crippen LogP contribution is -2.37. The number of carbonyl (C=O) groups is 2.